The average Bonchev–Trinajstić information content (AvgIpc) is 2.40. The Labute approximate surface area is 113 Å². The van der Waals surface area contributed by atoms with Crippen LogP contribution in [0.2, 0.25) is 0 Å². The van der Waals surface area contributed by atoms with Crippen LogP contribution in [0.25, 0.3) is 0 Å². The predicted octanol–water partition coefficient (Wildman–Crippen LogP) is 1.47. The fourth-order valence-corrected chi connectivity index (χ4v) is 1.44. The van der Waals surface area contributed by atoms with Gasteiger partial charge in [-0.1, -0.05) is 6.07 Å². The highest BCUT2D eigenvalue weighted by Gasteiger charge is 2.17. The topological polar surface area (TPSA) is 126 Å². The van der Waals surface area contributed by atoms with E-state index in [2.05, 4.69) is 15.0 Å². The van der Waals surface area contributed by atoms with Crippen molar-refractivity contribution < 1.29 is 14.4 Å². The molecule has 2 N–H and O–H groups in total. The Hall–Kier alpha value is -2.97. The maximum atomic E-state index is 11.0. The van der Waals surface area contributed by atoms with Crippen molar-refractivity contribution in [2.75, 3.05) is 12.8 Å². The van der Waals surface area contributed by atoms with Gasteiger partial charge in [-0.15, -0.1) is 4.98 Å². The van der Waals surface area contributed by atoms with Crippen molar-refractivity contribution in [1.82, 2.24) is 15.0 Å². The summed E-state index contributed by atoms with van der Waals surface area (Å²) in [5.74, 6) is -0.102. The van der Waals surface area contributed by atoms with Gasteiger partial charge in [0.25, 0.3) is 0 Å². The van der Waals surface area contributed by atoms with Crippen molar-refractivity contribution in [3.8, 4) is 17.8 Å². The van der Waals surface area contributed by atoms with E-state index in [1.54, 1.807) is 13.0 Å². The molecule has 0 bridgehead atoms. The standard InChI is InChI=1S/C11H11N5O4/c1-6-3-4-8(7(5-6)16(17)18)20-11-14-9(12)13-10(15-11)19-2/h3-5H,1-2H3,(H2,12,13,14,15). The minimum atomic E-state index is -0.551. The summed E-state index contributed by atoms with van der Waals surface area (Å²) in [6, 6.07) is 4.30. The molecular formula is C11H11N5O4. The zero-order valence-corrected chi connectivity index (χ0v) is 10.7. The zero-order valence-electron chi connectivity index (χ0n) is 10.7. The Morgan fingerprint density at radius 1 is 1.25 bits per heavy atom. The van der Waals surface area contributed by atoms with E-state index in [9.17, 15) is 10.1 Å². The Balaban J connectivity index is 2.39. The summed E-state index contributed by atoms with van der Waals surface area (Å²) in [7, 11) is 1.35. The number of nitro groups is 1. The molecule has 0 spiro atoms. The number of methoxy groups -OCH3 is 1. The van der Waals surface area contributed by atoms with Gasteiger partial charge in [-0.25, -0.2) is 0 Å². The number of ether oxygens (including phenoxy) is 2. The van der Waals surface area contributed by atoms with Gasteiger partial charge in [-0.05, 0) is 18.6 Å². The van der Waals surface area contributed by atoms with Gasteiger partial charge in [0.15, 0.2) is 0 Å². The molecule has 20 heavy (non-hydrogen) atoms. The number of nitrogens with two attached hydrogens (primary N) is 1. The number of nitrogens with zero attached hydrogens (tertiary/aromatic N) is 4. The highest BCUT2D eigenvalue weighted by Crippen LogP contribution is 2.31. The first-order valence-corrected chi connectivity index (χ1v) is 5.48. The molecule has 0 atom stereocenters. The molecule has 0 saturated heterocycles. The number of hydrogen-bond acceptors (Lipinski definition) is 8. The smallest absolute Gasteiger partial charge is 0.330 e. The molecule has 0 amide bonds. The lowest BCUT2D eigenvalue weighted by Crippen LogP contribution is -2.03. The van der Waals surface area contributed by atoms with Crippen LogP contribution in [0, 0.1) is 17.0 Å². The van der Waals surface area contributed by atoms with E-state index in [0.717, 1.165) is 5.56 Å². The molecule has 2 rings (SSSR count). The summed E-state index contributed by atoms with van der Waals surface area (Å²) in [5, 5.41) is 11.0. The molecule has 0 unspecified atom stereocenters. The van der Waals surface area contributed by atoms with Crippen LogP contribution < -0.4 is 15.2 Å². The Kier molecular flexibility index (Phi) is 3.60. The summed E-state index contributed by atoms with van der Waals surface area (Å²) in [4.78, 5) is 21.6. The van der Waals surface area contributed by atoms with Crippen LogP contribution in [0.1, 0.15) is 5.56 Å². The fraction of sp³-hybridized carbons (Fsp3) is 0.182. The summed E-state index contributed by atoms with van der Waals surface area (Å²) < 4.78 is 10.1. The van der Waals surface area contributed by atoms with Crippen molar-refractivity contribution in [3.63, 3.8) is 0 Å². The Morgan fingerprint density at radius 3 is 2.60 bits per heavy atom. The monoisotopic (exact) mass is 277 g/mol. The summed E-state index contributed by atoms with van der Waals surface area (Å²) in [6.45, 7) is 1.74. The average molecular weight is 277 g/mol. The highest BCUT2D eigenvalue weighted by atomic mass is 16.6. The fourth-order valence-electron chi connectivity index (χ4n) is 1.44. The number of hydrogen-bond donors (Lipinski definition) is 1. The first kappa shape index (κ1) is 13.5. The van der Waals surface area contributed by atoms with Crippen LogP contribution in [0.15, 0.2) is 18.2 Å². The molecule has 0 saturated carbocycles. The molecule has 2 aromatic rings. The van der Waals surface area contributed by atoms with Crippen LogP contribution in [-0.2, 0) is 0 Å². The number of nitrogen functional groups attached to an aromatic ring is 1. The SMILES string of the molecule is COc1nc(N)nc(Oc2ccc(C)cc2[N+](=O)[O-])n1. The first-order valence-electron chi connectivity index (χ1n) is 5.48. The third-order valence-electron chi connectivity index (χ3n) is 2.31. The number of rotatable bonds is 4. The van der Waals surface area contributed by atoms with Gasteiger partial charge >= 0.3 is 17.7 Å². The van der Waals surface area contributed by atoms with Gasteiger partial charge in [0.2, 0.25) is 11.7 Å². The van der Waals surface area contributed by atoms with Crippen LogP contribution in [0.5, 0.6) is 17.8 Å². The second kappa shape index (κ2) is 5.34. The zero-order chi connectivity index (χ0) is 14.7. The van der Waals surface area contributed by atoms with Gasteiger partial charge in [-0.3, -0.25) is 10.1 Å². The molecule has 1 aromatic carbocycles. The van der Waals surface area contributed by atoms with Crippen molar-refractivity contribution in [2.45, 2.75) is 6.92 Å². The third-order valence-corrected chi connectivity index (χ3v) is 2.31. The molecule has 0 radical (unpaired) electrons. The van der Waals surface area contributed by atoms with E-state index >= 15 is 0 Å². The molecule has 9 heteroatoms. The summed E-state index contributed by atoms with van der Waals surface area (Å²) >= 11 is 0. The van der Waals surface area contributed by atoms with Gasteiger partial charge in [0.1, 0.15) is 0 Å². The van der Waals surface area contributed by atoms with E-state index in [1.807, 2.05) is 0 Å². The second-order valence-corrected chi connectivity index (χ2v) is 3.79. The molecular weight excluding hydrogens is 266 g/mol. The second-order valence-electron chi connectivity index (χ2n) is 3.79. The number of aromatic nitrogens is 3. The largest absolute Gasteiger partial charge is 0.467 e. The highest BCUT2D eigenvalue weighted by molar-refractivity contribution is 5.49. The van der Waals surface area contributed by atoms with Gasteiger partial charge in [-0.2, -0.15) is 9.97 Å². The number of benzene rings is 1. The van der Waals surface area contributed by atoms with E-state index < -0.39 is 4.92 Å². The lowest BCUT2D eigenvalue weighted by atomic mass is 10.2. The Morgan fingerprint density at radius 2 is 1.95 bits per heavy atom. The number of anilines is 1. The lowest BCUT2D eigenvalue weighted by Gasteiger charge is -2.06. The Bertz CT molecular complexity index is 661. The van der Waals surface area contributed by atoms with E-state index in [0.29, 0.717) is 0 Å². The molecule has 0 aliphatic rings. The van der Waals surface area contributed by atoms with Crippen LogP contribution in [0.3, 0.4) is 0 Å². The first-order chi connectivity index (χ1) is 9.49. The molecule has 0 aliphatic carbocycles. The van der Waals surface area contributed by atoms with Gasteiger partial charge in [0, 0.05) is 6.07 Å². The minimum Gasteiger partial charge on any atom is -0.467 e. The van der Waals surface area contributed by atoms with Crippen molar-refractivity contribution in [2.24, 2.45) is 0 Å². The lowest BCUT2D eigenvalue weighted by molar-refractivity contribution is -0.385. The van der Waals surface area contributed by atoms with Crippen molar-refractivity contribution in [3.05, 3.63) is 33.9 Å². The van der Waals surface area contributed by atoms with Crippen molar-refractivity contribution in [1.29, 1.82) is 0 Å². The molecule has 9 nitrogen and oxygen atoms in total. The molecule has 0 fully saturated rings. The van der Waals surface area contributed by atoms with E-state index in [4.69, 9.17) is 15.2 Å². The molecule has 0 aliphatic heterocycles. The van der Waals surface area contributed by atoms with Crippen LogP contribution >= 0.6 is 0 Å². The van der Waals surface area contributed by atoms with Gasteiger partial charge < -0.3 is 15.2 Å². The molecule has 1 aromatic heterocycles. The van der Waals surface area contributed by atoms with Crippen molar-refractivity contribution >= 4 is 11.6 Å². The molecule has 104 valence electrons. The van der Waals surface area contributed by atoms with E-state index in [-0.39, 0.29) is 29.4 Å². The maximum absolute atomic E-state index is 11.0. The third kappa shape index (κ3) is 2.88. The normalized spacial score (nSPS) is 10.1. The van der Waals surface area contributed by atoms with E-state index in [1.165, 1.54) is 19.2 Å². The maximum Gasteiger partial charge on any atom is 0.330 e. The summed E-state index contributed by atoms with van der Waals surface area (Å²) in [6.07, 6.45) is 0. The quantitative estimate of drug-likeness (QED) is 0.657. The predicted molar refractivity (Wildman–Crippen MR) is 68.7 cm³/mol. The number of aryl methyl sites for hydroxylation is 1. The van der Waals surface area contributed by atoms with Gasteiger partial charge in [0.05, 0.1) is 12.0 Å². The minimum absolute atomic E-state index is 0.00764. The van der Waals surface area contributed by atoms with Crippen LogP contribution in [-0.4, -0.2) is 27.0 Å². The van der Waals surface area contributed by atoms with Crippen LogP contribution in [0.4, 0.5) is 11.6 Å². The number of nitro benzene ring substituents is 1. The molecule has 1 heterocycles. The summed E-state index contributed by atoms with van der Waals surface area (Å²) in [5.41, 5.74) is 6.00.